The summed E-state index contributed by atoms with van der Waals surface area (Å²) in [4.78, 5) is 14.7. The first-order valence-electron chi connectivity index (χ1n) is 8.89. The fourth-order valence-electron chi connectivity index (χ4n) is 2.51. The number of fused-ring (bicyclic) bond motifs is 2. The molecule has 0 bridgehead atoms. The molecule has 28 heavy (non-hydrogen) atoms. The quantitative estimate of drug-likeness (QED) is 0.139. The maximum atomic E-state index is 4.35. The van der Waals surface area contributed by atoms with Crippen LogP contribution >= 0.6 is 36.2 Å². The van der Waals surface area contributed by atoms with E-state index in [1.807, 2.05) is 30.9 Å². The molecule has 0 spiro atoms. The van der Waals surface area contributed by atoms with Gasteiger partial charge in [0.1, 0.15) is 11.3 Å². The molecule has 2 saturated carbocycles. The molecule has 0 unspecified atom stereocenters. The molecule has 2 N–H and O–H groups in total. The largest absolute Gasteiger partial charge is 0.346 e. The van der Waals surface area contributed by atoms with Crippen LogP contribution < -0.4 is 0 Å². The minimum absolute atomic E-state index is 0. The Bertz CT molecular complexity index is 976. The van der Waals surface area contributed by atoms with E-state index in [0.717, 1.165) is 17.2 Å². The maximum absolute atomic E-state index is 4.35. The standard InChI is InChI=1S/C10H10N2.C7H5IN2.C3H5.CH4.BrH.Zn/c1-2-7(1)9-5-8-3-4-11-10(8)12-6-9;8-6-3-5-1-2-9-7(5)10-4-6;1-2-3-1;;;/h3-7H,1-2H2,(H,11,12);1-4H,(H,9,10);1H,2-3H2;1H4;1H;/q;;-1;;;+2/p-1. The topological polar surface area (TPSA) is 57.4 Å². The molecule has 2 aliphatic carbocycles. The van der Waals surface area contributed by atoms with E-state index in [0.29, 0.717) is 0 Å². The van der Waals surface area contributed by atoms with Crippen LogP contribution in [0, 0.1) is 9.99 Å². The zero-order valence-electron chi connectivity index (χ0n) is 15.0. The number of aromatic amines is 2. The molecule has 144 valence electrons. The Labute approximate surface area is 196 Å². The third-order valence-electron chi connectivity index (χ3n) is 4.13. The van der Waals surface area contributed by atoms with Gasteiger partial charge in [0, 0.05) is 39.1 Å². The summed E-state index contributed by atoms with van der Waals surface area (Å²) in [6, 6.07) is 8.44. The van der Waals surface area contributed by atoms with Crippen molar-refractivity contribution in [2.45, 2.75) is 39.0 Å². The van der Waals surface area contributed by atoms with Gasteiger partial charge in [-0.3, -0.25) is 0 Å². The van der Waals surface area contributed by atoms with E-state index in [4.69, 9.17) is 0 Å². The molecular formula is C21H24BrIN4Zn. The Morgan fingerprint density at radius 1 is 0.964 bits per heavy atom. The molecule has 0 atom stereocenters. The maximum Gasteiger partial charge on any atom is 0.137 e. The van der Waals surface area contributed by atoms with Crippen LogP contribution in [0.3, 0.4) is 0 Å². The second kappa shape index (κ2) is 12.0. The van der Waals surface area contributed by atoms with Crippen molar-refractivity contribution in [1.82, 2.24) is 19.9 Å². The van der Waals surface area contributed by atoms with Crippen LogP contribution in [0.25, 0.3) is 22.1 Å². The third kappa shape index (κ3) is 7.23. The van der Waals surface area contributed by atoms with Gasteiger partial charge in [0.15, 0.2) is 0 Å². The molecule has 2 aliphatic rings. The Hall–Kier alpha value is -0.787. The van der Waals surface area contributed by atoms with E-state index >= 15 is 0 Å². The zero-order chi connectivity index (χ0) is 19.1. The number of pyridine rings is 2. The average Bonchev–Trinajstić information content (AvgIpc) is 3.65. The van der Waals surface area contributed by atoms with Crippen molar-refractivity contribution in [3.05, 3.63) is 64.6 Å². The normalized spacial score (nSPS) is 13.9. The van der Waals surface area contributed by atoms with Crippen LogP contribution in [0.15, 0.2) is 49.1 Å². The van der Waals surface area contributed by atoms with E-state index in [-0.39, 0.29) is 7.43 Å². The smallest absolute Gasteiger partial charge is 0.137 e. The summed E-state index contributed by atoms with van der Waals surface area (Å²) in [7, 11) is 0. The molecule has 4 nitrogen and oxygen atoms in total. The van der Waals surface area contributed by atoms with E-state index in [9.17, 15) is 0 Å². The zero-order valence-corrected chi connectivity index (χ0v) is 21.7. The summed E-state index contributed by atoms with van der Waals surface area (Å²) >= 11 is 6.50. The Morgan fingerprint density at radius 2 is 1.50 bits per heavy atom. The van der Waals surface area contributed by atoms with Crippen LogP contribution in [0.1, 0.15) is 44.6 Å². The van der Waals surface area contributed by atoms with Gasteiger partial charge in [-0.25, -0.2) is 22.8 Å². The van der Waals surface area contributed by atoms with Gasteiger partial charge in [-0.1, -0.05) is 7.43 Å². The van der Waals surface area contributed by atoms with Crippen molar-refractivity contribution in [2.75, 3.05) is 0 Å². The summed E-state index contributed by atoms with van der Waals surface area (Å²) < 4.78 is 1.17. The minimum Gasteiger partial charge on any atom is -0.346 e. The van der Waals surface area contributed by atoms with Gasteiger partial charge in [0.25, 0.3) is 0 Å². The molecule has 4 aromatic heterocycles. The molecule has 0 aromatic carbocycles. The van der Waals surface area contributed by atoms with Crippen molar-refractivity contribution in [3.63, 3.8) is 0 Å². The molecule has 4 heterocycles. The number of hydrogen-bond donors (Lipinski definition) is 2. The van der Waals surface area contributed by atoms with Crippen molar-refractivity contribution in [3.8, 4) is 0 Å². The minimum atomic E-state index is 0. The number of H-pyrrole nitrogens is 2. The van der Waals surface area contributed by atoms with E-state index in [1.54, 1.807) is 0 Å². The Kier molecular flexibility index (Phi) is 10.1. The predicted molar refractivity (Wildman–Crippen MR) is 126 cm³/mol. The van der Waals surface area contributed by atoms with Gasteiger partial charge in [-0.15, -0.1) is 0 Å². The van der Waals surface area contributed by atoms with Crippen LogP contribution in [-0.4, -0.2) is 19.9 Å². The average molecular weight is 605 g/mol. The summed E-state index contributed by atoms with van der Waals surface area (Å²) in [5.74, 6) is 0.803. The first-order chi connectivity index (χ1) is 13.3. The molecule has 7 heteroatoms. The number of halogens is 2. The van der Waals surface area contributed by atoms with E-state index in [1.165, 1.54) is 61.9 Å². The third-order valence-corrected chi connectivity index (χ3v) is 4.72. The number of aromatic nitrogens is 4. The second-order valence-corrected chi connectivity index (χ2v) is 7.64. The van der Waals surface area contributed by atoms with Crippen molar-refractivity contribution in [1.29, 1.82) is 0 Å². The van der Waals surface area contributed by atoms with Crippen LogP contribution in [-0.2, 0) is 16.3 Å². The van der Waals surface area contributed by atoms with Gasteiger partial charge in [0.2, 0.25) is 0 Å². The molecule has 4 aromatic rings. The first-order valence-corrected chi connectivity index (χ1v) is 16.9. The number of hydrogen-bond acceptors (Lipinski definition) is 2. The monoisotopic (exact) mass is 602 g/mol. The summed E-state index contributed by atoms with van der Waals surface area (Å²) in [6.07, 6.45) is 15.4. The van der Waals surface area contributed by atoms with Crippen molar-refractivity contribution >= 4 is 58.3 Å². The summed E-state index contributed by atoms with van der Waals surface area (Å²) in [5.41, 5.74) is 3.36. The number of nitrogens with one attached hydrogen (secondary N) is 2. The summed E-state index contributed by atoms with van der Waals surface area (Å²) in [6.45, 7) is 0. The Balaban J connectivity index is 0.000000159. The first kappa shape index (κ1) is 23.5. The van der Waals surface area contributed by atoms with Gasteiger partial charge in [-0.05, 0) is 71.2 Å². The molecule has 6 rings (SSSR count). The van der Waals surface area contributed by atoms with Crippen LogP contribution in [0.4, 0.5) is 0 Å². The van der Waals surface area contributed by atoms with Crippen LogP contribution in [0.5, 0.6) is 0 Å². The predicted octanol–water partition coefficient (Wildman–Crippen LogP) is 7.07. The SMILES string of the molecule is C.Ic1cnc2[nH]ccc2c1.[CH-]1CC1.[Zn+][Br].c1cc2cc(C3CC3)cnc2[nH]1. The Morgan fingerprint density at radius 3 is 2.04 bits per heavy atom. The second-order valence-electron chi connectivity index (χ2n) is 6.39. The van der Waals surface area contributed by atoms with Gasteiger partial charge in [0.05, 0.1) is 0 Å². The molecule has 0 radical (unpaired) electrons. The van der Waals surface area contributed by atoms with Crippen LogP contribution in [0.2, 0.25) is 0 Å². The molecule has 0 saturated heterocycles. The van der Waals surface area contributed by atoms with Crippen molar-refractivity contribution in [2.24, 2.45) is 0 Å². The molecule has 2 fully saturated rings. The van der Waals surface area contributed by atoms with Gasteiger partial charge in [-0.2, -0.15) is 0 Å². The number of rotatable bonds is 1. The van der Waals surface area contributed by atoms with Crippen molar-refractivity contribution < 1.29 is 16.3 Å². The fraction of sp³-hybridized carbons (Fsp3) is 0.286. The number of nitrogens with zero attached hydrogens (tertiary/aromatic N) is 2. The summed E-state index contributed by atoms with van der Waals surface area (Å²) in [5, 5.41) is 2.41. The van der Waals surface area contributed by atoms with Gasteiger partial charge < -0.3 is 16.4 Å². The molecule has 0 amide bonds. The van der Waals surface area contributed by atoms with E-state index in [2.05, 4.69) is 80.8 Å². The fourth-order valence-corrected chi connectivity index (χ4v) is 2.98. The van der Waals surface area contributed by atoms with Gasteiger partial charge >= 0.3 is 30.0 Å². The van der Waals surface area contributed by atoms with E-state index < -0.39 is 0 Å². The molecular weight excluding hydrogens is 580 g/mol. The molecule has 0 aliphatic heterocycles.